The monoisotopic (exact) mass is 274 g/mol. The van der Waals surface area contributed by atoms with Gasteiger partial charge in [-0.3, -0.25) is 0 Å². The van der Waals surface area contributed by atoms with Crippen LogP contribution in [0.3, 0.4) is 0 Å². The molecule has 108 valence electrons. The van der Waals surface area contributed by atoms with Crippen molar-refractivity contribution in [3.8, 4) is 11.4 Å². The summed E-state index contributed by atoms with van der Waals surface area (Å²) in [5.41, 5.74) is 2.03. The number of hydrogen-bond donors (Lipinski definition) is 1. The van der Waals surface area contributed by atoms with Crippen molar-refractivity contribution >= 4 is 0 Å². The number of benzene rings is 1. The summed E-state index contributed by atoms with van der Waals surface area (Å²) >= 11 is 0. The molecule has 0 aliphatic heterocycles. The Morgan fingerprint density at radius 1 is 1.30 bits per heavy atom. The molecule has 0 spiro atoms. The molecule has 0 bridgehead atoms. The molecule has 2 aromatic rings. The van der Waals surface area contributed by atoms with Gasteiger partial charge in [-0.1, -0.05) is 26.8 Å². The van der Waals surface area contributed by atoms with E-state index >= 15 is 0 Å². The van der Waals surface area contributed by atoms with Crippen molar-refractivity contribution in [2.45, 2.75) is 39.2 Å². The largest absolute Gasteiger partial charge is 0.488 e. The molecule has 0 aliphatic carbocycles. The first-order chi connectivity index (χ1) is 9.40. The maximum absolute atomic E-state index is 9.03. The molecule has 4 nitrogen and oxygen atoms in total. The van der Waals surface area contributed by atoms with E-state index in [4.69, 9.17) is 9.84 Å². The molecular weight excluding hydrogens is 252 g/mol. The SMILES string of the molecule is C[C@H](CO)Oc1cccc(-n2ccc(C(C)(C)C)n2)c1. The minimum absolute atomic E-state index is 0.000168. The fourth-order valence-corrected chi connectivity index (χ4v) is 1.84. The van der Waals surface area contributed by atoms with Gasteiger partial charge in [-0.25, -0.2) is 4.68 Å². The van der Waals surface area contributed by atoms with Gasteiger partial charge < -0.3 is 9.84 Å². The predicted molar refractivity (Wildman–Crippen MR) is 79.4 cm³/mol. The summed E-state index contributed by atoms with van der Waals surface area (Å²) in [7, 11) is 0. The average molecular weight is 274 g/mol. The lowest BCUT2D eigenvalue weighted by atomic mass is 9.93. The van der Waals surface area contributed by atoms with Gasteiger partial charge in [0.1, 0.15) is 11.9 Å². The van der Waals surface area contributed by atoms with Crippen LogP contribution in [0.4, 0.5) is 0 Å². The van der Waals surface area contributed by atoms with Crippen LogP contribution in [0.15, 0.2) is 36.5 Å². The first kappa shape index (κ1) is 14.6. The zero-order chi connectivity index (χ0) is 14.8. The summed E-state index contributed by atoms with van der Waals surface area (Å²) in [5, 5.41) is 13.6. The molecule has 1 heterocycles. The molecule has 1 N–H and O–H groups in total. The maximum Gasteiger partial charge on any atom is 0.121 e. The molecule has 0 unspecified atom stereocenters. The van der Waals surface area contributed by atoms with Crippen LogP contribution < -0.4 is 4.74 Å². The third kappa shape index (κ3) is 3.39. The molecule has 0 saturated carbocycles. The van der Waals surface area contributed by atoms with Crippen LogP contribution in [-0.4, -0.2) is 27.6 Å². The number of hydrogen-bond acceptors (Lipinski definition) is 3. The highest BCUT2D eigenvalue weighted by Gasteiger charge is 2.17. The van der Waals surface area contributed by atoms with E-state index in [2.05, 4.69) is 25.9 Å². The lowest BCUT2D eigenvalue weighted by molar-refractivity contribution is 0.129. The van der Waals surface area contributed by atoms with Crippen LogP contribution in [0.5, 0.6) is 5.75 Å². The van der Waals surface area contributed by atoms with E-state index in [0.717, 1.165) is 17.1 Å². The molecular formula is C16H22N2O2. The van der Waals surface area contributed by atoms with Crippen molar-refractivity contribution in [3.05, 3.63) is 42.2 Å². The van der Waals surface area contributed by atoms with Gasteiger partial charge in [0.05, 0.1) is 18.0 Å². The number of aromatic nitrogens is 2. The van der Waals surface area contributed by atoms with Crippen molar-refractivity contribution in [1.29, 1.82) is 0 Å². The van der Waals surface area contributed by atoms with Crippen LogP contribution in [0.25, 0.3) is 5.69 Å². The van der Waals surface area contributed by atoms with Crippen molar-refractivity contribution < 1.29 is 9.84 Å². The van der Waals surface area contributed by atoms with E-state index in [1.54, 1.807) is 0 Å². The molecule has 20 heavy (non-hydrogen) atoms. The van der Waals surface area contributed by atoms with Crippen molar-refractivity contribution in [3.63, 3.8) is 0 Å². The number of nitrogens with zero attached hydrogens (tertiary/aromatic N) is 2. The predicted octanol–water partition coefficient (Wildman–Crippen LogP) is 2.93. The lowest BCUT2D eigenvalue weighted by Gasteiger charge is -2.15. The van der Waals surface area contributed by atoms with Crippen LogP contribution >= 0.6 is 0 Å². The maximum atomic E-state index is 9.03. The van der Waals surface area contributed by atoms with Crippen molar-refractivity contribution in [2.24, 2.45) is 0 Å². The van der Waals surface area contributed by atoms with Crippen LogP contribution in [0.1, 0.15) is 33.4 Å². The van der Waals surface area contributed by atoms with E-state index in [-0.39, 0.29) is 18.1 Å². The molecule has 1 aromatic carbocycles. The Morgan fingerprint density at radius 3 is 2.65 bits per heavy atom. The quantitative estimate of drug-likeness (QED) is 0.932. The normalized spacial score (nSPS) is 13.2. The molecule has 0 amide bonds. The summed E-state index contributed by atoms with van der Waals surface area (Å²) in [6.45, 7) is 8.25. The number of ether oxygens (including phenoxy) is 1. The third-order valence-corrected chi connectivity index (χ3v) is 3.03. The van der Waals surface area contributed by atoms with Gasteiger partial charge >= 0.3 is 0 Å². The van der Waals surface area contributed by atoms with Gasteiger partial charge in [0.2, 0.25) is 0 Å². The Morgan fingerprint density at radius 2 is 2.05 bits per heavy atom. The second-order valence-electron chi connectivity index (χ2n) is 6.00. The highest BCUT2D eigenvalue weighted by molar-refractivity contribution is 5.39. The minimum atomic E-state index is -0.215. The van der Waals surface area contributed by atoms with Gasteiger partial charge in [0.15, 0.2) is 0 Å². The molecule has 0 fully saturated rings. The fraction of sp³-hybridized carbons (Fsp3) is 0.438. The number of rotatable bonds is 4. The van der Waals surface area contributed by atoms with Gasteiger partial charge in [0.25, 0.3) is 0 Å². The van der Waals surface area contributed by atoms with Gasteiger partial charge in [0, 0.05) is 17.7 Å². The second kappa shape index (κ2) is 5.67. The second-order valence-corrected chi connectivity index (χ2v) is 6.00. The van der Waals surface area contributed by atoms with Crippen LogP contribution in [-0.2, 0) is 5.41 Å². The molecule has 0 radical (unpaired) electrons. The number of aliphatic hydroxyl groups excluding tert-OH is 1. The Bertz CT molecular complexity index is 570. The molecule has 1 atom stereocenters. The zero-order valence-corrected chi connectivity index (χ0v) is 12.5. The highest BCUT2D eigenvalue weighted by atomic mass is 16.5. The van der Waals surface area contributed by atoms with Gasteiger partial charge in [-0.05, 0) is 25.1 Å². The topological polar surface area (TPSA) is 47.3 Å². The Kier molecular flexibility index (Phi) is 4.14. The van der Waals surface area contributed by atoms with E-state index < -0.39 is 0 Å². The molecule has 2 rings (SSSR count). The van der Waals surface area contributed by atoms with Crippen LogP contribution in [0, 0.1) is 0 Å². The summed E-state index contributed by atoms with van der Waals surface area (Å²) in [6.07, 6.45) is 1.74. The molecule has 0 aliphatic rings. The first-order valence-corrected chi connectivity index (χ1v) is 6.84. The van der Waals surface area contributed by atoms with E-state index in [1.165, 1.54) is 0 Å². The summed E-state index contributed by atoms with van der Waals surface area (Å²) in [4.78, 5) is 0. The van der Waals surface area contributed by atoms with E-state index in [1.807, 2.05) is 48.1 Å². The Balaban J connectivity index is 2.25. The first-order valence-electron chi connectivity index (χ1n) is 6.84. The lowest BCUT2D eigenvalue weighted by Crippen LogP contribution is -2.16. The van der Waals surface area contributed by atoms with Gasteiger partial charge in [-0.2, -0.15) is 5.10 Å². The highest BCUT2D eigenvalue weighted by Crippen LogP contribution is 2.22. The van der Waals surface area contributed by atoms with E-state index in [9.17, 15) is 0 Å². The fourth-order valence-electron chi connectivity index (χ4n) is 1.84. The summed E-state index contributed by atoms with van der Waals surface area (Å²) in [6, 6.07) is 9.74. The van der Waals surface area contributed by atoms with Gasteiger partial charge in [-0.15, -0.1) is 0 Å². The third-order valence-electron chi connectivity index (χ3n) is 3.03. The van der Waals surface area contributed by atoms with Crippen LogP contribution in [0.2, 0.25) is 0 Å². The number of aliphatic hydroxyl groups is 1. The van der Waals surface area contributed by atoms with Crippen molar-refractivity contribution in [2.75, 3.05) is 6.61 Å². The average Bonchev–Trinajstić information content (AvgIpc) is 2.88. The molecule has 0 saturated heterocycles. The van der Waals surface area contributed by atoms with Crippen molar-refractivity contribution in [1.82, 2.24) is 9.78 Å². The minimum Gasteiger partial charge on any atom is -0.488 e. The standard InChI is InChI=1S/C16H22N2O2/c1-12(11-19)20-14-7-5-6-13(10-14)18-9-8-15(17-18)16(2,3)4/h5-10,12,19H,11H2,1-4H3/t12-/m1/s1. The smallest absolute Gasteiger partial charge is 0.121 e. The Labute approximate surface area is 120 Å². The van der Waals surface area contributed by atoms with E-state index in [0.29, 0.717) is 0 Å². The summed E-state index contributed by atoms with van der Waals surface area (Å²) < 4.78 is 7.45. The Hall–Kier alpha value is -1.81. The molecule has 4 heteroatoms. The molecule has 1 aromatic heterocycles. The summed E-state index contributed by atoms with van der Waals surface area (Å²) in [5.74, 6) is 0.733. The zero-order valence-electron chi connectivity index (χ0n) is 12.5.